The zero-order chi connectivity index (χ0) is 15.6. The first-order valence-corrected chi connectivity index (χ1v) is 9.51. The van der Waals surface area contributed by atoms with Crippen molar-refractivity contribution in [2.75, 3.05) is 11.8 Å². The normalized spacial score (nSPS) is 11.6. The van der Waals surface area contributed by atoms with Gasteiger partial charge in [0.15, 0.2) is 0 Å². The van der Waals surface area contributed by atoms with Crippen LogP contribution < -0.4 is 10.0 Å². The second kappa shape index (κ2) is 6.48. The Morgan fingerprint density at radius 1 is 1.29 bits per heavy atom. The molecule has 4 nitrogen and oxygen atoms in total. The molecule has 0 amide bonds. The first-order valence-electron chi connectivity index (χ1n) is 6.35. The molecule has 0 aliphatic heterocycles. The SMILES string of the molecule is CNCc1sccc1S(=O)(=O)Nc1c(C)cc(C)cc1Br. The Hall–Kier alpha value is -0.890. The number of aryl methyl sites for hydroxylation is 2. The second-order valence-corrected chi connectivity index (χ2v) is 8.29. The molecule has 2 N–H and O–H groups in total. The van der Waals surface area contributed by atoms with Gasteiger partial charge in [0.1, 0.15) is 4.90 Å². The molecule has 0 bridgehead atoms. The zero-order valence-electron chi connectivity index (χ0n) is 12.0. The van der Waals surface area contributed by atoms with Gasteiger partial charge in [-0.25, -0.2) is 8.42 Å². The minimum Gasteiger partial charge on any atom is -0.315 e. The number of hydrogen-bond acceptors (Lipinski definition) is 4. The smallest absolute Gasteiger partial charge is 0.263 e. The number of nitrogens with one attached hydrogen (secondary N) is 2. The molecule has 0 fully saturated rings. The fourth-order valence-electron chi connectivity index (χ4n) is 2.09. The van der Waals surface area contributed by atoms with Crippen LogP contribution in [-0.2, 0) is 16.6 Å². The van der Waals surface area contributed by atoms with Crippen molar-refractivity contribution >= 4 is 43.0 Å². The molecule has 1 aromatic carbocycles. The fourth-order valence-corrected chi connectivity index (χ4v) is 5.60. The van der Waals surface area contributed by atoms with Crippen LogP contribution in [0, 0.1) is 13.8 Å². The summed E-state index contributed by atoms with van der Waals surface area (Å²) in [6.07, 6.45) is 0. The lowest BCUT2D eigenvalue weighted by molar-refractivity contribution is 0.600. The number of sulfonamides is 1. The van der Waals surface area contributed by atoms with E-state index in [2.05, 4.69) is 26.0 Å². The van der Waals surface area contributed by atoms with Gasteiger partial charge in [-0.2, -0.15) is 0 Å². The monoisotopic (exact) mass is 388 g/mol. The molecule has 0 spiro atoms. The van der Waals surface area contributed by atoms with E-state index in [-0.39, 0.29) is 0 Å². The van der Waals surface area contributed by atoms with Gasteiger partial charge in [-0.15, -0.1) is 11.3 Å². The number of benzene rings is 1. The van der Waals surface area contributed by atoms with Gasteiger partial charge in [-0.05, 0) is 65.5 Å². The average molecular weight is 389 g/mol. The summed E-state index contributed by atoms with van der Waals surface area (Å²) in [5.74, 6) is 0. The van der Waals surface area contributed by atoms with Crippen LogP contribution >= 0.6 is 27.3 Å². The summed E-state index contributed by atoms with van der Waals surface area (Å²) in [6, 6.07) is 5.48. The van der Waals surface area contributed by atoms with Crippen LogP contribution in [0.5, 0.6) is 0 Å². The zero-order valence-corrected chi connectivity index (χ0v) is 15.2. The maximum absolute atomic E-state index is 12.6. The highest BCUT2D eigenvalue weighted by Gasteiger charge is 2.21. The molecule has 2 aromatic rings. The van der Waals surface area contributed by atoms with Crippen molar-refractivity contribution in [3.63, 3.8) is 0 Å². The topological polar surface area (TPSA) is 58.2 Å². The first kappa shape index (κ1) is 16.5. The number of hydrogen-bond donors (Lipinski definition) is 2. The van der Waals surface area contributed by atoms with E-state index in [4.69, 9.17) is 0 Å². The van der Waals surface area contributed by atoms with Crippen molar-refractivity contribution in [3.8, 4) is 0 Å². The molecule has 2 rings (SSSR count). The first-order chi connectivity index (χ1) is 9.85. The minimum absolute atomic E-state index is 0.328. The molecular formula is C14H17BrN2O2S2. The molecule has 0 unspecified atom stereocenters. The summed E-state index contributed by atoms with van der Waals surface area (Å²) in [5.41, 5.74) is 2.55. The van der Waals surface area contributed by atoms with Gasteiger partial charge in [0.05, 0.1) is 5.69 Å². The van der Waals surface area contributed by atoms with Crippen LogP contribution in [0.2, 0.25) is 0 Å². The van der Waals surface area contributed by atoms with Crippen molar-refractivity contribution in [2.24, 2.45) is 0 Å². The lowest BCUT2D eigenvalue weighted by atomic mass is 10.1. The van der Waals surface area contributed by atoms with Gasteiger partial charge in [-0.3, -0.25) is 4.72 Å². The van der Waals surface area contributed by atoms with Crippen LogP contribution in [0.15, 0.2) is 32.9 Å². The summed E-state index contributed by atoms with van der Waals surface area (Å²) >= 11 is 4.86. The van der Waals surface area contributed by atoms with Crippen molar-refractivity contribution in [1.29, 1.82) is 0 Å². The fraction of sp³-hybridized carbons (Fsp3) is 0.286. The van der Waals surface area contributed by atoms with Crippen LogP contribution in [0.4, 0.5) is 5.69 Å². The van der Waals surface area contributed by atoms with E-state index in [1.54, 1.807) is 18.5 Å². The van der Waals surface area contributed by atoms with Crippen LogP contribution in [0.1, 0.15) is 16.0 Å². The maximum Gasteiger partial charge on any atom is 0.263 e. The van der Waals surface area contributed by atoms with Crippen molar-refractivity contribution in [1.82, 2.24) is 5.32 Å². The summed E-state index contributed by atoms with van der Waals surface area (Å²) < 4.78 is 28.6. The van der Waals surface area contributed by atoms with E-state index < -0.39 is 10.0 Å². The number of rotatable bonds is 5. The Morgan fingerprint density at radius 3 is 2.62 bits per heavy atom. The third kappa shape index (κ3) is 3.66. The van der Waals surface area contributed by atoms with Crippen molar-refractivity contribution < 1.29 is 8.42 Å². The highest BCUT2D eigenvalue weighted by atomic mass is 79.9. The highest BCUT2D eigenvalue weighted by Crippen LogP contribution is 2.31. The second-order valence-electron chi connectivity index (χ2n) is 4.78. The van der Waals surface area contributed by atoms with E-state index in [0.29, 0.717) is 17.1 Å². The molecule has 0 radical (unpaired) electrons. The molecule has 0 atom stereocenters. The molecule has 1 heterocycles. The van der Waals surface area contributed by atoms with Crippen molar-refractivity contribution in [2.45, 2.75) is 25.3 Å². The standard InChI is InChI=1S/C14H17BrN2O2S2/c1-9-6-10(2)14(11(15)7-9)17-21(18,19)13-4-5-20-12(13)8-16-3/h4-7,16-17H,8H2,1-3H3. The maximum atomic E-state index is 12.6. The van der Waals surface area contributed by atoms with E-state index in [0.717, 1.165) is 20.5 Å². The predicted molar refractivity (Wildman–Crippen MR) is 91.5 cm³/mol. The third-order valence-electron chi connectivity index (χ3n) is 3.00. The summed E-state index contributed by atoms with van der Waals surface area (Å²) in [6.45, 7) is 4.39. The van der Waals surface area contributed by atoms with E-state index in [1.807, 2.05) is 26.0 Å². The van der Waals surface area contributed by atoms with Gasteiger partial charge in [-0.1, -0.05) is 6.07 Å². The Bertz CT molecular complexity index is 731. The van der Waals surface area contributed by atoms with Gasteiger partial charge in [0, 0.05) is 15.9 Å². The Kier molecular flexibility index (Phi) is 5.08. The van der Waals surface area contributed by atoms with Crippen molar-refractivity contribution in [3.05, 3.63) is 44.1 Å². The molecule has 0 aliphatic rings. The number of anilines is 1. The van der Waals surface area contributed by atoms with Crippen LogP contribution in [0.3, 0.4) is 0 Å². The quantitative estimate of drug-likeness (QED) is 0.821. The van der Waals surface area contributed by atoms with E-state index >= 15 is 0 Å². The lowest BCUT2D eigenvalue weighted by Gasteiger charge is -2.13. The average Bonchev–Trinajstić information content (AvgIpc) is 2.83. The summed E-state index contributed by atoms with van der Waals surface area (Å²) in [7, 11) is -1.79. The van der Waals surface area contributed by atoms with Crippen LogP contribution in [0.25, 0.3) is 0 Å². The molecule has 0 saturated heterocycles. The Labute approximate surface area is 137 Å². The molecule has 114 valence electrons. The Morgan fingerprint density at radius 2 is 2.00 bits per heavy atom. The molecule has 0 saturated carbocycles. The minimum atomic E-state index is -3.59. The van der Waals surface area contributed by atoms with Gasteiger partial charge in [0.2, 0.25) is 0 Å². The predicted octanol–water partition coefficient (Wildman–Crippen LogP) is 3.65. The van der Waals surface area contributed by atoms with E-state index in [1.165, 1.54) is 11.3 Å². The lowest BCUT2D eigenvalue weighted by Crippen LogP contribution is -2.16. The number of thiophene rings is 1. The van der Waals surface area contributed by atoms with Gasteiger partial charge in [0.25, 0.3) is 10.0 Å². The Balaban J connectivity index is 2.40. The molecule has 1 aromatic heterocycles. The summed E-state index contributed by atoms with van der Waals surface area (Å²) in [5, 5.41) is 4.78. The molecule has 7 heteroatoms. The largest absolute Gasteiger partial charge is 0.315 e. The van der Waals surface area contributed by atoms with Gasteiger partial charge < -0.3 is 5.32 Å². The van der Waals surface area contributed by atoms with Gasteiger partial charge >= 0.3 is 0 Å². The van der Waals surface area contributed by atoms with Crippen LogP contribution in [-0.4, -0.2) is 15.5 Å². The highest BCUT2D eigenvalue weighted by molar-refractivity contribution is 9.10. The third-order valence-corrected chi connectivity index (χ3v) is 6.11. The molecular weight excluding hydrogens is 372 g/mol. The molecule has 21 heavy (non-hydrogen) atoms. The molecule has 0 aliphatic carbocycles. The summed E-state index contributed by atoms with van der Waals surface area (Å²) in [4.78, 5) is 1.12. The number of halogens is 1. The van der Waals surface area contributed by atoms with E-state index in [9.17, 15) is 8.42 Å².